The molecule has 0 rings (SSSR count). The molecule has 0 N–H and O–H groups in total. The molecule has 0 aliphatic heterocycles. The lowest BCUT2D eigenvalue weighted by molar-refractivity contribution is -0.153. The second-order valence-electron chi connectivity index (χ2n) is 9.43. The maximum absolute atomic E-state index is 12.6. The lowest BCUT2D eigenvalue weighted by atomic mass is 9.74. The van der Waals surface area contributed by atoms with E-state index in [-0.39, 0.29) is 17.9 Å². The minimum absolute atomic E-state index is 0.00382. The lowest BCUT2D eigenvalue weighted by Crippen LogP contribution is -2.33. The van der Waals surface area contributed by atoms with Crippen LogP contribution < -0.4 is 0 Å². The van der Waals surface area contributed by atoms with E-state index in [9.17, 15) is 9.59 Å². The summed E-state index contributed by atoms with van der Waals surface area (Å²) >= 11 is 0. The number of unbranched alkanes of at least 4 members (excludes halogenated alkanes) is 7. The van der Waals surface area contributed by atoms with Gasteiger partial charge in [-0.15, -0.1) is 0 Å². The van der Waals surface area contributed by atoms with Gasteiger partial charge >= 0.3 is 11.9 Å². The van der Waals surface area contributed by atoms with Crippen molar-refractivity contribution in [3.05, 3.63) is 0 Å². The fourth-order valence-electron chi connectivity index (χ4n) is 4.17. The van der Waals surface area contributed by atoms with Gasteiger partial charge in [0.2, 0.25) is 0 Å². The van der Waals surface area contributed by atoms with Gasteiger partial charge in [-0.3, -0.25) is 9.59 Å². The molecule has 2 unspecified atom stereocenters. The smallest absolute Gasteiger partial charge is 0.309 e. The van der Waals surface area contributed by atoms with E-state index in [1.54, 1.807) is 0 Å². The van der Waals surface area contributed by atoms with Crippen molar-refractivity contribution in [2.75, 3.05) is 13.2 Å². The molecule has 0 aromatic carbocycles. The summed E-state index contributed by atoms with van der Waals surface area (Å²) in [7, 11) is 0. The van der Waals surface area contributed by atoms with Crippen LogP contribution in [0, 0.1) is 23.7 Å². The number of ether oxygens (including phenoxy) is 2. The van der Waals surface area contributed by atoms with Crippen molar-refractivity contribution >= 4 is 11.9 Å². The average Bonchev–Trinajstić information content (AvgIpc) is 2.70. The van der Waals surface area contributed by atoms with Crippen LogP contribution in [0.15, 0.2) is 0 Å². The first-order chi connectivity index (χ1) is 14.3. The molecule has 2 atom stereocenters. The summed E-state index contributed by atoms with van der Waals surface area (Å²) in [5, 5.41) is 0. The van der Waals surface area contributed by atoms with Gasteiger partial charge in [0.15, 0.2) is 0 Å². The lowest BCUT2D eigenvalue weighted by Gasteiger charge is -2.31. The Morgan fingerprint density at radius 3 is 1.67 bits per heavy atom. The number of carbonyl (C=O) groups is 2. The van der Waals surface area contributed by atoms with Gasteiger partial charge in [-0.2, -0.15) is 0 Å². The molecule has 0 fully saturated rings. The molecule has 4 heteroatoms. The zero-order valence-corrected chi connectivity index (χ0v) is 20.8. The van der Waals surface area contributed by atoms with Crippen molar-refractivity contribution in [2.24, 2.45) is 23.7 Å². The van der Waals surface area contributed by atoms with E-state index in [1.165, 1.54) is 38.5 Å². The monoisotopic (exact) mass is 426 g/mol. The Balaban J connectivity index is 4.00. The first-order valence-corrected chi connectivity index (χ1v) is 12.7. The summed E-state index contributed by atoms with van der Waals surface area (Å²) in [5.74, 6) is 1.19. The van der Waals surface area contributed by atoms with E-state index in [0.717, 1.165) is 32.1 Å². The molecule has 178 valence electrons. The molecule has 4 nitrogen and oxygen atoms in total. The largest absolute Gasteiger partial charge is 0.466 e. The molecule has 0 spiro atoms. The molecule has 0 aliphatic rings. The first kappa shape index (κ1) is 28.9. The highest BCUT2D eigenvalue weighted by atomic mass is 16.5. The first-order valence-electron chi connectivity index (χ1n) is 12.7. The van der Waals surface area contributed by atoms with Crippen molar-refractivity contribution in [1.82, 2.24) is 0 Å². The van der Waals surface area contributed by atoms with Crippen LogP contribution in [0.2, 0.25) is 0 Å². The summed E-state index contributed by atoms with van der Waals surface area (Å²) in [6.45, 7) is 13.9. The second kappa shape index (κ2) is 18.7. The van der Waals surface area contributed by atoms with Crippen LogP contribution in [0.3, 0.4) is 0 Å². The van der Waals surface area contributed by atoms with Crippen LogP contribution in [0.25, 0.3) is 0 Å². The van der Waals surface area contributed by atoms with Crippen LogP contribution in [0.1, 0.15) is 119 Å². The van der Waals surface area contributed by atoms with Gasteiger partial charge in [0, 0.05) is 6.42 Å². The van der Waals surface area contributed by atoms with Gasteiger partial charge in [-0.1, -0.05) is 86.5 Å². The van der Waals surface area contributed by atoms with Gasteiger partial charge in [0.25, 0.3) is 0 Å². The number of rotatable bonds is 19. The summed E-state index contributed by atoms with van der Waals surface area (Å²) in [5.41, 5.74) is 0. The summed E-state index contributed by atoms with van der Waals surface area (Å²) in [6.07, 6.45) is 12.9. The summed E-state index contributed by atoms with van der Waals surface area (Å²) < 4.78 is 10.6. The van der Waals surface area contributed by atoms with Crippen molar-refractivity contribution in [2.45, 2.75) is 119 Å². The normalized spacial score (nSPS) is 13.5. The minimum atomic E-state index is -0.0464. The zero-order chi connectivity index (χ0) is 22.8. The predicted octanol–water partition coefficient (Wildman–Crippen LogP) is 7.34. The predicted molar refractivity (Wildman–Crippen MR) is 125 cm³/mol. The van der Waals surface area contributed by atoms with Gasteiger partial charge in [0.05, 0.1) is 19.1 Å². The average molecular weight is 427 g/mol. The van der Waals surface area contributed by atoms with Crippen LogP contribution in [-0.2, 0) is 19.1 Å². The third-order valence-corrected chi connectivity index (χ3v) is 5.89. The van der Waals surface area contributed by atoms with Crippen molar-refractivity contribution in [1.29, 1.82) is 0 Å². The van der Waals surface area contributed by atoms with Crippen molar-refractivity contribution in [3.8, 4) is 0 Å². The van der Waals surface area contributed by atoms with Crippen LogP contribution in [0.4, 0.5) is 0 Å². The molecule has 0 aromatic rings. The van der Waals surface area contributed by atoms with Crippen LogP contribution in [-0.4, -0.2) is 25.2 Å². The Morgan fingerprint density at radius 2 is 1.17 bits per heavy atom. The van der Waals surface area contributed by atoms with E-state index in [1.807, 2.05) is 13.8 Å². The minimum Gasteiger partial charge on any atom is -0.466 e. The number of carbonyl (C=O) groups excluding carboxylic acids is 2. The number of hydrogen-bond acceptors (Lipinski definition) is 4. The Morgan fingerprint density at radius 1 is 0.667 bits per heavy atom. The fourth-order valence-corrected chi connectivity index (χ4v) is 4.17. The number of hydrogen-bond donors (Lipinski definition) is 0. The van der Waals surface area contributed by atoms with Gasteiger partial charge in [0.1, 0.15) is 0 Å². The summed E-state index contributed by atoms with van der Waals surface area (Å²) in [6, 6.07) is 0. The number of esters is 2. The molecule has 0 radical (unpaired) electrons. The standard InChI is InChI=1S/C26H50O4/c1-7-19-29-24(27)18-16-14-12-10-9-11-13-15-17-23(21(3)4)25(22(5)6)26(28)30-20-8-2/h21-23,25H,7-20H2,1-6H3. The Bertz CT molecular complexity index is 431. The molecule has 0 saturated carbocycles. The second-order valence-corrected chi connectivity index (χ2v) is 9.43. The molecule has 0 aliphatic carbocycles. The SMILES string of the molecule is CCCOC(=O)CCCCCCCCCCC(C(C)C)C(C(=O)OCCC)C(C)C. The molecular formula is C26H50O4. The molecule has 0 heterocycles. The highest BCUT2D eigenvalue weighted by molar-refractivity contribution is 5.73. The molecule has 0 bridgehead atoms. The van der Waals surface area contributed by atoms with Crippen LogP contribution >= 0.6 is 0 Å². The van der Waals surface area contributed by atoms with Gasteiger partial charge < -0.3 is 9.47 Å². The van der Waals surface area contributed by atoms with Gasteiger partial charge in [-0.25, -0.2) is 0 Å². The van der Waals surface area contributed by atoms with E-state index in [4.69, 9.17) is 9.47 Å². The quantitative estimate of drug-likeness (QED) is 0.160. The van der Waals surface area contributed by atoms with Crippen molar-refractivity contribution in [3.63, 3.8) is 0 Å². The topological polar surface area (TPSA) is 52.6 Å². The van der Waals surface area contributed by atoms with Gasteiger partial charge in [-0.05, 0) is 43.4 Å². The van der Waals surface area contributed by atoms with Crippen LogP contribution in [0.5, 0.6) is 0 Å². The Kier molecular flexibility index (Phi) is 18.0. The van der Waals surface area contributed by atoms with E-state index in [2.05, 4.69) is 27.7 Å². The Hall–Kier alpha value is -1.06. The highest BCUT2D eigenvalue weighted by Crippen LogP contribution is 2.33. The molecule has 30 heavy (non-hydrogen) atoms. The van der Waals surface area contributed by atoms with E-state index >= 15 is 0 Å². The third kappa shape index (κ3) is 14.0. The van der Waals surface area contributed by atoms with Crippen molar-refractivity contribution < 1.29 is 19.1 Å². The van der Waals surface area contributed by atoms with E-state index in [0.29, 0.717) is 37.4 Å². The molecule has 0 saturated heterocycles. The summed E-state index contributed by atoms with van der Waals surface area (Å²) in [4.78, 5) is 24.0. The maximum Gasteiger partial charge on any atom is 0.309 e. The maximum atomic E-state index is 12.6. The Labute approximate surface area is 186 Å². The molecular weight excluding hydrogens is 376 g/mol. The fraction of sp³-hybridized carbons (Fsp3) is 0.923. The molecule has 0 aromatic heterocycles. The van der Waals surface area contributed by atoms with E-state index < -0.39 is 0 Å². The highest BCUT2D eigenvalue weighted by Gasteiger charge is 2.33. The molecule has 0 amide bonds. The third-order valence-electron chi connectivity index (χ3n) is 5.89. The zero-order valence-electron chi connectivity index (χ0n) is 20.8.